The Morgan fingerprint density at radius 1 is 1.16 bits per heavy atom. The second-order valence-electron chi connectivity index (χ2n) is 5.95. The quantitative estimate of drug-likeness (QED) is 0.671. The Morgan fingerprint density at radius 3 is 2.68 bits per heavy atom. The predicted octanol–water partition coefficient (Wildman–Crippen LogP) is 2.76. The second-order valence-corrected chi connectivity index (χ2v) is 5.95. The molecule has 6 nitrogen and oxygen atoms in total. The van der Waals surface area contributed by atoms with E-state index in [4.69, 9.17) is 4.74 Å². The van der Waals surface area contributed by atoms with Crippen LogP contribution in [0, 0.1) is 0 Å². The molecule has 0 aromatic heterocycles. The third kappa shape index (κ3) is 4.92. The number of nitrogens with one attached hydrogen (secondary N) is 1. The summed E-state index contributed by atoms with van der Waals surface area (Å²) in [5, 5.41) is 12.4. The van der Waals surface area contributed by atoms with Crippen LogP contribution in [0.3, 0.4) is 0 Å². The largest absolute Gasteiger partial charge is 0.507 e. The Morgan fingerprint density at radius 2 is 1.92 bits per heavy atom. The molecule has 0 heterocycles. The van der Waals surface area contributed by atoms with E-state index in [2.05, 4.69) is 12.2 Å². The molecular weight excluding hydrogens is 322 g/mol. The van der Waals surface area contributed by atoms with Gasteiger partial charge in [0.15, 0.2) is 18.1 Å². The molecule has 25 heavy (non-hydrogen) atoms. The number of phenolic OH excluding ortho intramolecular Hbond substituents is 1. The van der Waals surface area contributed by atoms with Crippen molar-refractivity contribution in [3.05, 3.63) is 41.2 Å². The van der Waals surface area contributed by atoms with E-state index in [1.807, 2.05) is 0 Å². The zero-order chi connectivity index (χ0) is 18.2. The fourth-order valence-electron chi connectivity index (χ4n) is 2.64. The third-order valence-corrected chi connectivity index (χ3v) is 3.98. The molecule has 2 rings (SSSR count). The van der Waals surface area contributed by atoms with Crippen LogP contribution in [0.2, 0.25) is 0 Å². The predicted molar refractivity (Wildman–Crippen MR) is 92.6 cm³/mol. The average Bonchev–Trinajstić information content (AvgIpc) is 2.59. The van der Waals surface area contributed by atoms with Crippen LogP contribution >= 0.6 is 0 Å². The molecular formula is C19H23NO5. The SMILES string of the molecule is CCCCCCCNC(=O)COC1=CC(=O)c2c(O)cccc2C1=O. The molecule has 134 valence electrons. The monoisotopic (exact) mass is 345 g/mol. The number of unbranched alkanes of at least 4 members (excludes halogenated alkanes) is 4. The zero-order valence-corrected chi connectivity index (χ0v) is 14.3. The van der Waals surface area contributed by atoms with Crippen molar-refractivity contribution in [1.29, 1.82) is 0 Å². The summed E-state index contributed by atoms with van der Waals surface area (Å²) in [6.07, 6.45) is 6.49. The highest BCUT2D eigenvalue weighted by molar-refractivity contribution is 6.24. The first kappa shape index (κ1) is 18.7. The van der Waals surface area contributed by atoms with Gasteiger partial charge in [0.05, 0.1) is 5.56 Å². The van der Waals surface area contributed by atoms with E-state index in [9.17, 15) is 19.5 Å². The van der Waals surface area contributed by atoms with Crippen LogP contribution in [0.1, 0.15) is 59.7 Å². The third-order valence-electron chi connectivity index (χ3n) is 3.98. The number of fused-ring (bicyclic) bond motifs is 1. The number of allylic oxidation sites excluding steroid dienone is 2. The lowest BCUT2D eigenvalue weighted by Gasteiger charge is -2.16. The molecule has 0 aliphatic heterocycles. The summed E-state index contributed by atoms with van der Waals surface area (Å²) in [5.41, 5.74) is 0.0511. The molecule has 1 aromatic carbocycles. The van der Waals surface area contributed by atoms with Crippen molar-refractivity contribution in [2.45, 2.75) is 39.0 Å². The van der Waals surface area contributed by atoms with Crippen molar-refractivity contribution >= 4 is 17.5 Å². The van der Waals surface area contributed by atoms with Crippen LogP contribution in [0.15, 0.2) is 30.0 Å². The van der Waals surface area contributed by atoms with Crippen molar-refractivity contribution < 1.29 is 24.2 Å². The van der Waals surface area contributed by atoms with E-state index < -0.39 is 11.6 Å². The fraction of sp³-hybridized carbons (Fsp3) is 0.421. The minimum absolute atomic E-state index is 0.0311. The fourth-order valence-corrected chi connectivity index (χ4v) is 2.64. The maximum atomic E-state index is 12.3. The highest BCUT2D eigenvalue weighted by atomic mass is 16.5. The number of amides is 1. The van der Waals surface area contributed by atoms with E-state index in [-0.39, 0.29) is 35.1 Å². The van der Waals surface area contributed by atoms with Crippen molar-refractivity contribution in [2.24, 2.45) is 0 Å². The Kier molecular flexibility index (Phi) is 6.74. The number of Topliss-reactive ketones (excluding diaryl/α,β-unsaturated/α-hetero) is 1. The molecule has 0 bridgehead atoms. The highest BCUT2D eigenvalue weighted by Gasteiger charge is 2.29. The molecule has 0 atom stereocenters. The van der Waals surface area contributed by atoms with Gasteiger partial charge in [0.2, 0.25) is 5.78 Å². The highest BCUT2D eigenvalue weighted by Crippen LogP contribution is 2.28. The molecule has 1 aliphatic rings. The molecule has 1 amide bonds. The van der Waals surface area contributed by atoms with E-state index >= 15 is 0 Å². The number of carbonyl (C=O) groups excluding carboxylic acids is 3. The van der Waals surface area contributed by atoms with Gasteiger partial charge in [-0.1, -0.05) is 38.7 Å². The van der Waals surface area contributed by atoms with E-state index in [0.29, 0.717) is 6.54 Å². The van der Waals surface area contributed by atoms with Crippen LogP contribution in [-0.4, -0.2) is 35.7 Å². The minimum Gasteiger partial charge on any atom is -0.507 e. The lowest BCUT2D eigenvalue weighted by atomic mass is 9.93. The van der Waals surface area contributed by atoms with Crippen LogP contribution in [0.4, 0.5) is 0 Å². The number of aromatic hydroxyl groups is 1. The van der Waals surface area contributed by atoms with Gasteiger partial charge < -0.3 is 15.2 Å². The standard InChI is InChI=1S/C19H23NO5/c1-2-3-4-5-6-10-20-17(23)12-25-16-11-15(22)18-13(19(16)24)8-7-9-14(18)21/h7-9,11,21H,2-6,10,12H2,1H3,(H,20,23). The summed E-state index contributed by atoms with van der Waals surface area (Å²) in [4.78, 5) is 36.1. The summed E-state index contributed by atoms with van der Waals surface area (Å²) in [7, 11) is 0. The van der Waals surface area contributed by atoms with Gasteiger partial charge in [0, 0.05) is 18.2 Å². The smallest absolute Gasteiger partial charge is 0.257 e. The summed E-state index contributed by atoms with van der Waals surface area (Å²) in [5.74, 6) is -1.79. The van der Waals surface area contributed by atoms with Crippen LogP contribution in [0.25, 0.3) is 0 Å². The molecule has 1 aliphatic carbocycles. The first-order chi connectivity index (χ1) is 12.0. The topological polar surface area (TPSA) is 92.7 Å². The zero-order valence-electron chi connectivity index (χ0n) is 14.3. The number of ether oxygens (including phenoxy) is 1. The molecule has 2 N–H and O–H groups in total. The van der Waals surface area contributed by atoms with Crippen molar-refractivity contribution in [3.8, 4) is 5.75 Å². The van der Waals surface area contributed by atoms with Gasteiger partial charge in [0.25, 0.3) is 5.91 Å². The number of hydrogen-bond acceptors (Lipinski definition) is 5. The van der Waals surface area contributed by atoms with Gasteiger partial charge in [-0.15, -0.1) is 0 Å². The number of rotatable bonds is 9. The van der Waals surface area contributed by atoms with Crippen molar-refractivity contribution in [1.82, 2.24) is 5.32 Å². The summed E-state index contributed by atoms with van der Waals surface area (Å²) in [6, 6.07) is 4.27. The molecule has 0 saturated heterocycles. The van der Waals surface area contributed by atoms with Gasteiger partial charge in [-0.3, -0.25) is 14.4 Å². The molecule has 0 unspecified atom stereocenters. The van der Waals surface area contributed by atoms with E-state index in [0.717, 1.165) is 25.3 Å². The number of ketones is 2. The molecule has 6 heteroatoms. The summed E-state index contributed by atoms with van der Waals surface area (Å²) >= 11 is 0. The number of carbonyl (C=O) groups is 3. The van der Waals surface area contributed by atoms with Crippen LogP contribution < -0.4 is 5.32 Å². The summed E-state index contributed by atoms with van der Waals surface area (Å²) in [6.45, 7) is 2.38. The maximum absolute atomic E-state index is 12.3. The molecule has 0 spiro atoms. The van der Waals surface area contributed by atoms with Crippen molar-refractivity contribution in [3.63, 3.8) is 0 Å². The Bertz CT molecular complexity index is 693. The van der Waals surface area contributed by atoms with Gasteiger partial charge in [0.1, 0.15) is 5.75 Å². The second kappa shape index (κ2) is 9.01. The Balaban J connectivity index is 1.83. The van der Waals surface area contributed by atoms with E-state index in [1.54, 1.807) is 0 Å². The molecule has 0 fully saturated rings. The van der Waals surface area contributed by atoms with Crippen LogP contribution in [0.5, 0.6) is 5.75 Å². The molecule has 0 saturated carbocycles. The lowest BCUT2D eigenvalue weighted by molar-refractivity contribution is -0.124. The van der Waals surface area contributed by atoms with Crippen LogP contribution in [-0.2, 0) is 9.53 Å². The van der Waals surface area contributed by atoms with Crippen molar-refractivity contribution in [2.75, 3.05) is 13.2 Å². The Hall–Kier alpha value is -2.63. The maximum Gasteiger partial charge on any atom is 0.257 e. The minimum atomic E-state index is -0.516. The van der Waals surface area contributed by atoms with Gasteiger partial charge in [-0.2, -0.15) is 0 Å². The van der Waals surface area contributed by atoms with Gasteiger partial charge in [-0.25, -0.2) is 0 Å². The first-order valence-electron chi connectivity index (χ1n) is 8.56. The lowest BCUT2D eigenvalue weighted by Crippen LogP contribution is -2.29. The molecule has 0 radical (unpaired) electrons. The van der Waals surface area contributed by atoms with Gasteiger partial charge in [-0.05, 0) is 18.6 Å². The number of phenols is 1. The normalized spacial score (nSPS) is 13.2. The number of hydrogen-bond donors (Lipinski definition) is 2. The molecule has 1 aromatic rings. The number of benzene rings is 1. The summed E-state index contributed by atoms with van der Waals surface area (Å²) < 4.78 is 5.22. The van der Waals surface area contributed by atoms with Gasteiger partial charge >= 0.3 is 0 Å². The Labute approximate surface area is 146 Å². The van der Waals surface area contributed by atoms with E-state index in [1.165, 1.54) is 31.0 Å². The first-order valence-corrected chi connectivity index (χ1v) is 8.56. The average molecular weight is 345 g/mol.